The highest BCUT2D eigenvalue weighted by molar-refractivity contribution is 5.86. The number of rotatable bonds is 6. The third-order valence-corrected chi connectivity index (χ3v) is 6.36. The lowest BCUT2D eigenvalue weighted by atomic mass is 9.82. The van der Waals surface area contributed by atoms with Crippen molar-refractivity contribution < 1.29 is 19.0 Å². The predicted octanol–water partition coefficient (Wildman–Crippen LogP) is 2.90. The van der Waals surface area contributed by atoms with Crippen molar-refractivity contribution in [2.45, 2.75) is 38.4 Å². The van der Waals surface area contributed by atoms with Gasteiger partial charge in [0.15, 0.2) is 0 Å². The maximum absolute atomic E-state index is 14.9. The number of carbonyl (C=O) groups is 1. The topological polar surface area (TPSA) is 73.8 Å². The number of benzene rings is 2. The molecule has 2 heterocycles. The second-order valence-corrected chi connectivity index (χ2v) is 8.16. The Morgan fingerprint density at radius 1 is 1.10 bits per heavy atom. The standard InChI is InChI=1S/C23H28FN3O3/c1-13-11-16(18(28)12-14(13)2)20-19-21(26-25-20)23(29)27(9-6-10-30-3)22(19)15-7-4-5-8-17(15)24/h4-5,7-8,11-12,19-22,25-26,28H,6,9-10H2,1-3H3. The summed E-state index contributed by atoms with van der Waals surface area (Å²) in [5.74, 6) is -0.495. The van der Waals surface area contributed by atoms with Gasteiger partial charge in [-0.05, 0) is 43.5 Å². The number of hydrogen-bond donors (Lipinski definition) is 3. The first-order chi connectivity index (χ1) is 14.4. The van der Waals surface area contributed by atoms with Crippen LogP contribution in [0, 0.1) is 25.6 Å². The number of ether oxygens (including phenoxy) is 1. The lowest BCUT2D eigenvalue weighted by Crippen LogP contribution is -2.42. The van der Waals surface area contributed by atoms with E-state index < -0.39 is 12.1 Å². The number of phenolic OH excluding ortho intramolecular Hbond substituents is 1. The van der Waals surface area contributed by atoms with E-state index in [2.05, 4.69) is 10.9 Å². The average Bonchev–Trinajstić information content (AvgIpc) is 3.25. The summed E-state index contributed by atoms with van der Waals surface area (Å²) < 4.78 is 20.0. The van der Waals surface area contributed by atoms with Gasteiger partial charge < -0.3 is 14.7 Å². The van der Waals surface area contributed by atoms with Crippen LogP contribution in [0.15, 0.2) is 36.4 Å². The highest BCUT2D eigenvalue weighted by atomic mass is 19.1. The fraction of sp³-hybridized carbons (Fsp3) is 0.435. The molecule has 6 nitrogen and oxygen atoms in total. The molecule has 160 valence electrons. The van der Waals surface area contributed by atoms with Gasteiger partial charge in [0.2, 0.25) is 5.91 Å². The first kappa shape index (κ1) is 20.8. The van der Waals surface area contributed by atoms with Crippen LogP contribution in [-0.2, 0) is 9.53 Å². The largest absolute Gasteiger partial charge is 0.508 e. The number of nitrogens with one attached hydrogen (secondary N) is 2. The van der Waals surface area contributed by atoms with Gasteiger partial charge in [-0.1, -0.05) is 24.3 Å². The maximum Gasteiger partial charge on any atom is 0.242 e. The molecule has 0 saturated carbocycles. The van der Waals surface area contributed by atoms with Gasteiger partial charge in [-0.25, -0.2) is 15.2 Å². The Balaban J connectivity index is 1.77. The van der Waals surface area contributed by atoms with Crippen molar-refractivity contribution in [2.75, 3.05) is 20.3 Å². The van der Waals surface area contributed by atoms with Crippen molar-refractivity contribution in [1.29, 1.82) is 0 Å². The molecular formula is C23H28FN3O3. The number of hydrogen-bond acceptors (Lipinski definition) is 5. The Morgan fingerprint density at radius 3 is 2.53 bits per heavy atom. The maximum atomic E-state index is 14.9. The molecule has 3 N–H and O–H groups in total. The van der Waals surface area contributed by atoms with Crippen LogP contribution in [0.4, 0.5) is 4.39 Å². The number of hydrazine groups is 1. The van der Waals surface area contributed by atoms with Crippen LogP contribution in [0.1, 0.15) is 40.8 Å². The summed E-state index contributed by atoms with van der Waals surface area (Å²) in [7, 11) is 1.62. The van der Waals surface area contributed by atoms with Gasteiger partial charge >= 0.3 is 0 Å². The van der Waals surface area contributed by atoms with Gasteiger partial charge in [0, 0.05) is 37.3 Å². The normalized spacial score (nSPS) is 25.7. The van der Waals surface area contributed by atoms with E-state index >= 15 is 0 Å². The zero-order valence-electron chi connectivity index (χ0n) is 17.5. The van der Waals surface area contributed by atoms with Crippen molar-refractivity contribution >= 4 is 5.91 Å². The van der Waals surface area contributed by atoms with Crippen LogP contribution < -0.4 is 10.9 Å². The number of halogens is 1. The molecule has 1 amide bonds. The first-order valence-corrected chi connectivity index (χ1v) is 10.3. The molecule has 0 aliphatic carbocycles. The van der Waals surface area contributed by atoms with Crippen molar-refractivity contribution in [3.05, 3.63) is 64.5 Å². The third kappa shape index (κ3) is 3.47. The van der Waals surface area contributed by atoms with Crippen LogP contribution in [0.25, 0.3) is 0 Å². The van der Waals surface area contributed by atoms with E-state index in [1.54, 1.807) is 36.3 Å². The van der Waals surface area contributed by atoms with Crippen molar-refractivity contribution in [2.24, 2.45) is 5.92 Å². The fourth-order valence-corrected chi connectivity index (χ4v) is 4.76. The predicted molar refractivity (Wildman–Crippen MR) is 111 cm³/mol. The molecule has 0 spiro atoms. The second kappa shape index (κ2) is 8.34. The fourth-order valence-electron chi connectivity index (χ4n) is 4.76. The Bertz CT molecular complexity index is 951. The van der Waals surface area contributed by atoms with Gasteiger partial charge in [-0.3, -0.25) is 4.79 Å². The second-order valence-electron chi connectivity index (χ2n) is 8.16. The Kier molecular flexibility index (Phi) is 5.77. The molecule has 2 aliphatic heterocycles. The minimum absolute atomic E-state index is 0.0670. The molecular weight excluding hydrogens is 385 g/mol. The molecule has 7 heteroatoms. The van der Waals surface area contributed by atoms with E-state index in [9.17, 15) is 14.3 Å². The molecule has 0 radical (unpaired) electrons. The number of phenols is 1. The molecule has 2 aromatic carbocycles. The van der Waals surface area contributed by atoms with Gasteiger partial charge in [-0.2, -0.15) is 0 Å². The summed E-state index contributed by atoms with van der Waals surface area (Å²) >= 11 is 0. The van der Waals surface area contributed by atoms with E-state index in [1.807, 2.05) is 19.9 Å². The first-order valence-electron chi connectivity index (χ1n) is 10.3. The zero-order chi connectivity index (χ0) is 21.4. The molecule has 4 atom stereocenters. The SMILES string of the molecule is COCCCN1C(=O)C2NNC(c3cc(C)c(C)cc3O)C2C1c1ccccc1F. The molecule has 2 saturated heterocycles. The van der Waals surface area contributed by atoms with Crippen LogP contribution in [0.5, 0.6) is 5.75 Å². The minimum atomic E-state index is -0.497. The molecule has 2 aromatic rings. The van der Waals surface area contributed by atoms with E-state index in [0.29, 0.717) is 30.7 Å². The van der Waals surface area contributed by atoms with Crippen LogP contribution in [0.2, 0.25) is 0 Å². The molecule has 0 bridgehead atoms. The zero-order valence-corrected chi connectivity index (χ0v) is 17.5. The summed E-state index contributed by atoms with van der Waals surface area (Å²) in [6.45, 7) is 4.94. The number of amides is 1. The number of carbonyl (C=O) groups excluding carboxylic acids is 1. The monoisotopic (exact) mass is 413 g/mol. The molecule has 4 unspecified atom stereocenters. The summed E-state index contributed by atoms with van der Waals surface area (Å²) in [6.07, 6.45) is 0.666. The Labute approximate surface area is 176 Å². The van der Waals surface area contributed by atoms with Gasteiger partial charge in [0.1, 0.15) is 17.6 Å². The molecule has 0 aromatic heterocycles. The summed E-state index contributed by atoms with van der Waals surface area (Å²) in [6, 6.07) is 9.02. The highest BCUT2D eigenvalue weighted by Crippen LogP contribution is 2.49. The van der Waals surface area contributed by atoms with Gasteiger partial charge in [0.05, 0.1) is 12.1 Å². The number of methoxy groups -OCH3 is 1. The number of nitrogens with zero attached hydrogens (tertiary/aromatic N) is 1. The van der Waals surface area contributed by atoms with Crippen molar-refractivity contribution in [1.82, 2.24) is 15.8 Å². The number of fused-ring (bicyclic) bond motifs is 1. The Hall–Kier alpha value is -2.48. The lowest BCUT2D eigenvalue weighted by molar-refractivity contribution is -0.131. The quantitative estimate of drug-likeness (QED) is 0.635. The lowest BCUT2D eigenvalue weighted by Gasteiger charge is -2.31. The van der Waals surface area contributed by atoms with E-state index in [1.165, 1.54) is 6.07 Å². The molecule has 30 heavy (non-hydrogen) atoms. The minimum Gasteiger partial charge on any atom is -0.508 e. The Morgan fingerprint density at radius 2 is 1.80 bits per heavy atom. The van der Waals surface area contributed by atoms with Crippen molar-refractivity contribution in [3.8, 4) is 5.75 Å². The van der Waals surface area contributed by atoms with Gasteiger partial charge in [0.25, 0.3) is 0 Å². The highest BCUT2D eigenvalue weighted by Gasteiger charge is 2.56. The molecule has 4 rings (SSSR count). The average molecular weight is 413 g/mol. The third-order valence-electron chi connectivity index (χ3n) is 6.36. The molecule has 2 aliphatic rings. The summed E-state index contributed by atoms with van der Waals surface area (Å²) in [4.78, 5) is 15.0. The van der Waals surface area contributed by atoms with E-state index in [4.69, 9.17) is 4.74 Å². The smallest absolute Gasteiger partial charge is 0.242 e. The summed E-state index contributed by atoms with van der Waals surface area (Å²) in [5.41, 5.74) is 9.56. The number of aromatic hydroxyl groups is 1. The number of likely N-dealkylation sites (tertiary alicyclic amines) is 1. The van der Waals surface area contributed by atoms with E-state index in [0.717, 1.165) is 11.1 Å². The van der Waals surface area contributed by atoms with Crippen LogP contribution in [-0.4, -0.2) is 42.2 Å². The number of aryl methyl sites for hydroxylation is 2. The van der Waals surface area contributed by atoms with Crippen LogP contribution in [0.3, 0.4) is 0 Å². The molecule has 2 fully saturated rings. The summed E-state index contributed by atoms with van der Waals surface area (Å²) in [5, 5.41) is 10.7. The van der Waals surface area contributed by atoms with Crippen LogP contribution >= 0.6 is 0 Å². The van der Waals surface area contributed by atoms with E-state index in [-0.39, 0.29) is 29.4 Å². The van der Waals surface area contributed by atoms with Crippen molar-refractivity contribution in [3.63, 3.8) is 0 Å². The van der Waals surface area contributed by atoms with Gasteiger partial charge in [-0.15, -0.1) is 0 Å².